The van der Waals surface area contributed by atoms with E-state index in [1.54, 1.807) is 0 Å². The van der Waals surface area contributed by atoms with Crippen molar-refractivity contribution >= 4 is 29.1 Å². The summed E-state index contributed by atoms with van der Waals surface area (Å²) in [6.07, 6.45) is 3.24. The second kappa shape index (κ2) is 7.82. The van der Waals surface area contributed by atoms with Gasteiger partial charge in [0, 0.05) is 17.2 Å². The average molecular weight is 459 g/mol. The molecule has 1 aromatic carbocycles. The summed E-state index contributed by atoms with van der Waals surface area (Å²) in [5.41, 5.74) is 3.08. The lowest BCUT2D eigenvalue weighted by Gasteiger charge is -2.39. The van der Waals surface area contributed by atoms with Crippen molar-refractivity contribution < 1.29 is 14.3 Å². The summed E-state index contributed by atoms with van der Waals surface area (Å²) in [6.45, 7) is 11.3. The van der Waals surface area contributed by atoms with Crippen molar-refractivity contribution in [2.75, 3.05) is 0 Å². The highest BCUT2D eigenvalue weighted by Gasteiger charge is 2.69. The lowest BCUT2D eigenvalue weighted by molar-refractivity contribution is -0.195. The number of fused-ring (bicyclic) bond motifs is 5. The van der Waals surface area contributed by atoms with Gasteiger partial charge in [0.2, 0.25) is 6.29 Å². The fraction of sp³-hybridized carbons (Fsp3) is 0.654. The van der Waals surface area contributed by atoms with Crippen LogP contribution in [0.5, 0.6) is 0 Å². The number of hydrogen-bond acceptors (Lipinski definition) is 4. The normalized spacial score (nSPS) is 44.1. The maximum Gasteiger partial charge on any atom is 0.312 e. The van der Waals surface area contributed by atoms with Crippen molar-refractivity contribution in [1.29, 1.82) is 0 Å². The van der Waals surface area contributed by atoms with E-state index in [2.05, 4.69) is 58.9 Å². The molecule has 0 amide bonds. The summed E-state index contributed by atoms with van der Waals surface area (Å²) in [5.74, 6) is 1.61. The van der Waals surface area contributed by atoms with Crippen molar-refractivity contribution in [2.45, 2.75) is 77.6 Å². The topological polar surface area (TPSA) is 35.5 Å². The van der Waals surface area contributed by atoms with Crippen LogP contribution in [0.25, 0.3) is 0 Å². The standard InChI is InChI=1S/C26H35O3PS/c1-14(2)19-12-11-15(3)13-20(19)28-26-22-21(25(27)29-26)23-16(4)17(5)24(22)30(23,31)18-9-7-6-8-10-18/h6-10,14-15,19-24,26H,11-13H2,1-5H3/t15-,19+,20-,21-,22+,23-,24+,26-,30+/m1/s1. The molecule has 3 nitrogen and oxygen atoms in total. The number of rotatable bonds is 4. The van der Waals surface area contributed by atoms with Crippen molar-refractivity contribution in [3.05, 3.63) is 41.5 Å². The van der Waals surface area contributed by atoms with Crippen LogP contribution in [0.15, 0.2) is 41.5 Å². The Morgan fingerprint density at radius 2 is 1.77 bits per heavy atom. The Morgan fingerprint density at radius 1 is 1.10 bits per heavy atom. The number of esters is 1. The fourth-order valence-electron chi connectivity index (χ4n) is 7.09. The van der Waals surface area contributed by atoms with Gasteiger partial charge in [0.15, 0.2) is 0 Å². The van der Waals surface area contributed by atoms with Gasteiger partial charge in [-0.3, -0.25) is 4.79 Å². The summed E-state index contributed by atoms with van der Waals surface area (Å²) in [5, 5.41) is 1.27. The second-order valence-electron chi connectivity index (χ2n) is 10.7. The van der Waals surface area contributed by atoms with E-state index in [-0.39, 0.29) is 35.2 Å². The first-order valence-corrected chi connectivity index (χ1v) is 14.9. The lowest BCUT2D eigenvalue weighted by atomic mass is 9.75. The summed E-state index contributed by atoms with van der Waals surface area (Å²) in [7, 11) is 0. The molecule has 0 N–H and O–H groups in total. The van der Waals surface area contributed by atoms with Crippen molar-refractivity contribution in [2.24, 2.45) is 29.6 Å². The Hall–Kier alpha value is -0.960. The quantitative estimate of drug-likeness (QED) is 0.340. The number of hydrogen-bond donors (Lipinski definition) is 0. The van der Waals surface area contributed by atoms with Crippen LogP contribution in [0.4, 0.5) is 0 Å². The zero-order chi connectivity index (χ0) is 22.1. The summed E-state index contributed by atoms with van der Waals surface area (Å²) >= 11 is 6.55. The number of benzene rings is 1. The number of carbonyl (C=O) groups is 1. The van der Waals surface area contributed by atoms with E-state index in [1.807, 2.05) is 6.07 Å². The van der Waals surface area contributed by atoms with Gasteiger partial charge < -0.3 is 9.47 Å². The molecule has 168 valence electrons. The Kier molecular flexibility index (Phi) is 5.51. The van der Waals surface area contributed by atoms with E-state index < -0.39 is 12.3 Å². The largest absolute Gasteiger partial charge is 0.435 e. The molecule has 2 bridgehead atoms. The molecular weight excluding hydrogens is 423 g/mol. The predicted octanol–water partition coefficient (Wildman–Crippen LogP) is 5.48. The summed E-state index contributed by atoms with van der Waals surface area (Å²) in [4.78, 5) is 13.2. The maximum atomic E-state index is 13.2. The predicted molar refractivity (Wildman–Crippen MR) is 129 cm³/mol. The van der Waals surface area contributed by atoms with Crippen LogP contribution in [-0.2, 0) is 26.1 Å². The molecule has 0 unspecified atom stereocenters. The van der Waals surface area contributed by atoms with Crippen LogP contribution in [0.1, 0.15) is 53.9 Å². The van der Waals surface area contributed by atoms with Gasteiger partial charge in [-0.05, 0) is 55.8 Å². The third-order valence-corrected chi connectivity index (χ3v) is 14.9. The van der Waals surface area contributed by atoms with Gasteiger partial charge in [0.25, 0.3) is 0 Å². The van der Waals surface area contributed by atoms with E-state index in [1.165, 1.54) is 29.3 Å². The minimum absolute atomic E-state index is 0.0669. The monoisotopic (exact) mass is 458 g/mol. The molecule has 5 rings (SSSR count). The number of carbonyl (C=O) groups excluding carboxylic acids is 1. The molecule has 0 spiro atoms. The van der Waals surface area contributed by atoms with Crippen LogP contribution in [0.2, 0.25) is 0 Å². The molecule has 1 saturated carbocycles. The number of ether oxygens (including phenoxy) is 2. The molecule has 2 saturated heterocycles. The highest BCUT2D eigenvalue weighted by atomic mass is 32.4. The minimum atomic E-state index is -1.98. The van der Waals surface area contributed by atoms with Crippen molar-refractivity contribution in [3.8, 4) is 0 Å². The van der Waals surface area contributed by atoms with Gasteiger partial charge in [-0.2, -0.15) is 0 Å². The van der Waals surface area contributed by atoms with E-state index in [0.717, 1.165) is 6.42 Å². The van der Waals surface area contributed by atoms with Gasteiger partial charge in [0.05, 0.1) is 12.0 Å². The molecule has 0 radical (unpaired) electrons. The first-order valence-electron chi connectivity index (χ1n) is 11.9. The first-order chi connectivity index (χ1) is 14.7. The van der Waals surface area contributed by atoms with E-state index >= 15 is 0 Å². The van der Waals surface area contributed by atoms with Crippen molar-refractivity contribution in [1.82, 2.24) is 0 Å². The second-order valence-corrected chi connectivity index (χ2v) is 15.6. The average Bonchev–Trinajstić information content (AvgIpc) is 3.26. The first kappa shape index (κ1) is 21.9. The van der Waals surface area contributed by atoms with Gasteiger partial charge >= 0.3 is 5.97 Å². The third-order valence-electron chi connectivity index (χ3n) is 8.70. The van der Waals surface area contributed by atoms with Gasteiger partial charge in [-0.25, -0.2) is 0 Å². The maximum absolute atomic E-state index is 13.2. The summed E-state index contributed by atoms with van der Waals surface area (Å²) in [6, 6.07) is 8.62. The van der Waals surface area contributed by atoms with Crippen LogP contribution in [0.3, 0.4) is 0 Å². The van der Waals surface area contributed by atoms with E-state index in [4.69, 9.17) is 21.3 Å². The van der Waals surface area contributed by atoms with Gasteiger partial charge in [-0.15, -0.1) is 0 Å². The molecule has 9 atom stereocenters. The fourth-order valence-corrected chi connectivity index (χ4v) is 14.0. The smallest absolute Gasteiger partial charge is 0.312 e. The number of cyclic esters (lactones) is 1. The highest BCUT2D eigenvalue weighted by Crippen LogP contribution is 2.76. The Bertz CT molecular complexity index is 955. The van der Waals surface area contributed by atoms with Gasteiger partial charge in [-0.1, -0.05) is 80.5 Å². The molecule has 31 heavy (non-hydrogen) atoms. The minimum Gasteiger partial charge on any atom is -0.435 e. The van der Waals surface area contributed by atoms with Crippen LogP contribution < -0.4 is 5.30 Å². The van der Waals surface area contributed by atoms with Crippen LogP contribution >= 0.6 is 6.04 Å². The molecule has 1 aromatic rings. The lowest BCUT2D eigenvalue weighted by Crippen LogP contribution is -2.41. The SMILES string of the molecule is CC1=C(C)[C@H]2[C@H]3[C@H](O[C@@H]4C[C@H](C)CC[C@H]4C(C)C)OC(=O)[C@H]3[C@@H]1[P@@]2(=S)c1ccccc1. The Balaban J connectivity index is 1.50. The molecule has 3 heterocycles. The molecule has 3 aliphatic heterocycles. The van der Waals surface area contributed by atoms with E-state index in [0.29, 0.717) is 17.8 Å². The highest BCUT2D eigenvalue weighted by molar-refractivity contribution is 8.19. The van der Waals surface area contributed by atoms with Crippen LogP contribution in [0, 0.1) is 29.6 Å². The molecular formula is C26H35O3PS. The van der Waals surface area contributed by atoms with E-state index in [9.17, 15) is 4.79 Å². The molecule has 0 aromatic heterocycles. The van der Waals surface area contributed by atoms with Gasteiger partial charge in [0.1, 0.15) is 0 Å². The zero-order valence-electron chi connectivity index (χ0n) is 19.3. The van der Waals surface area contributed by atoms with Crippen molar-refractivity contribution in [3.63, 3.8) is 0 Å². The third kappa shape index (κ3) is 3.15. The Morgan fingerprint density at radius 3 is 2.45 bits per heavy atom. The zero-order valence-corrected chi connectivity index (χ0v) is 21.0. The molecule has 5 heteroatoms. The summed E-state index contributed by atoms with van der Waals surface area (Å²) < 4.78 is 12.7. The van der Waals surface area contributed by atoms with Crippen LogP contribution in [-0.4, -0.2) is 29.7 Å². The number of allylic oxidation sites excluding steroid dienone is 2. The molecule has 4 aliphatic rings. The molecule has 1 aliphatic carbocycles. The molecule has 3 fully saturated rings. The Labute approximate surface area is 192 Å².